The molecular weight excluding hydrogens is 262 g/mol. The van der Waals surface area contributed by atoms with Crippen LogP contribution < -0.4 is 0 Å². The SMILES string of the molecule is CCc1ccc(CN(CCN(C)C)CC2CCCO2)nc1. The van der Waals surface area contributed by atoms with Crippen molar-refractivity contribution in [3.8, 4) is 0 Å². The number of aryl methyl sites for hydroxylation is 1. The van der Waals surface area contributed by atoms with Gasteiger partial charge in [-0.25, -0.2) is 0 Å². The van der Waals surface area contributed by atoms with E-state index in [0.717, 1.165) is 44.9 Å². The van der Waals surface area contributed by atoms with Crippen LogP contribution in [0.1, 0.15) is 31.0 Å². The highest BCUT2D eigenvalue weighted by Crippen LogP contribution is 2.14. The molecule has 4 nitrogen and oxygen atoms in total. The molecule has 0 N–H and O–H groups in total. The lowest BCUT2D eigenvalue weighted by Gasteiger charge is -2.26. The minimum atomic E-state index is 0.405. The first kappa shape index (κ1) is 16.4. The van der Waals surface area contributed by atoms with E-state index in [1.807, 2.05) is 6.20 Å². The second-order valence-corrected chi connectivity index (χ2v) is 6.18. The third-order valence-corrected chi connectivity index (χ3v) is 4.03. The lowest BCUT2D eigenvalue weighted by Crippen LogP contribution is -2.36. The van der Waals surface area contributed by atoms with Gasteiger partial charge in [-0.05, 0) is 45.0 Å². The Balaban J connectivity index is 1.92. The quantitative estimate of drug-likeness (QED) is 0.734. The smallest absolute Gasteiger partial charge is 0.0702 e. The zero-order valence-electron chi connectivity index (χ0n) is 13.7. The van der Waals surface area contributed by atoms with Crippen molar-refractivity contribution in [2.45, 2.75) is 38.8 Å². The molecule has 118 valence electrons. The van der Waals surface area contributed by atoms with Crippen LogP contribution in [-0.4, -0.2) is 61.2 Å². The Labute approximate surface area is 129 Å². The predicted octanol–water partition coefficient (Wildman–Crippen LogP) is 2.19. The molecule has 1 atom stereocenters. The molecular formula is C17H29N3O. The standard InChI is InChI=1S/C17H29N3O/c1-4-15-7-8-16(18-12-15)13-20(10-9-19(2)3)14-17-6-5-11-21-17/h7-8,12,17H,4-6,9-11,13-14H2,1-3H3. The summed E-state index contributed by atoms with van der Waals surface area (Å²) in [5.41, 5.74) is 2.46. The fourth-order valence-corrected chi connectivity index (χ4v) is 2.64. The van der Waals surface area contributed by atoms with E-state index in [-0.39, 0.29) is 0 Å². The topological polar surface area (TPSA) is 28.6 Å². The lowest BCUT2D eigenvalue weighted by atomic mass is 10.2. The molecule has 1 unspecified atom stereocenters. The maximum Gasteiger partial charge on any atom is 0.0702 e. The van der Waals surface area contributed by atoms with Gasteiger partial charge in [0.1, 0.15) is 0 Å². The first-order valence-corrected chi connectivity index (χ1v) is 8.10. The van der Waals surface area contributed by atoms with Crippen molar-refractivity contribution in [2.24, 2.45) is 0 Å². The zero-order valence-corrected chi connectivity index (χ0v) is 13.7. The second kappa shape index (κ2) is 8.47. The Morgan fingerprint density at radius 2 is 2.14 bits per heavy atom. The van der Waals surface area contributed by atoms with Gasteiger partial charge in [-0.15, -0.1) is 0 Å². The van der Waals surface area contributed by atoms with Crippen molar-refractivity contribution in [1.29, 1.82) is 0 Å². The summed E-state index contributed by atoms with van der Waals surface area (Å²) in [6.45, 7) is 7.15. The molecule has 1 aliphatic rings. The predicted molar refractivity (Wildman–Crippen MR) is 86.4 cm³/mol. The molecule has 0 saturated carbocycles. The van der Waals surface area contributed by atoms with E-state index in [4.69, 9.17) is 4.74 Å². The van der Waals surface area contributed by atoms with Crippen LogP contribution in [-0.2, 0) is 17.7 Å². The summed E-state index contributed by atoms with van der Waals surface area (Å²) in [4.78, 5) is 9.30. The fraction of sp³-hybridized carbons (Fsp3) is 0.706. The second-order valence-electron chi connectivity index (χ2n) is 6.18. The third-order valence-electron chi connectivity index (χ3n) is 4.03. The first-order chi connectivity index (χ1) is 10.2. The molecule has 0 aliphatic carbocycles. The van der Waals surface area contributed by atoms with Crippen molar-refractivity contribution < 1.29 is 4.74 Å². The molecule has 1 aliphatic heterocycles. The Hall–Kier alpha value is -0.970. The van der Waals surface area contributed by atoms with Crippen LogP contribution in [0.5, 0.6) is 0 Å². The molecule has 2 rings (SSSR count). The van der Waals surface area contributed by atoms with E-state index >= 15 is 0 Å². The van der Waals surface area contributed by atoms with Crippen molar-refractivity contribution in [3.05, 3.63) is 29.6 Å². The highest BCUT2D eigenvalue weighted by molar-refractivity contribution is 5.13. The van der Waals surface area contributed by atoms with Crippen LogP contribution in [0, 0.1) is 0 Å². The van der Waals surface area contributed by atoms with Gasteiger partial charge in [0.2, 0.25) is 0 Å². The van der Waals surface area contributed by atoms with E-state index in [1.54, 1.807) is 0 Å². The van der Waals surface area contributed by atoms with Crippen LogP contribution in [0.25, 0.3) is 0 Å². The third kappa shape index (κ3) is 5.73. The highest BCUT2D eigenvalue weighted by Gasteiger charge is 2.19. The van der Waals surface area contributed by atoms with Crippen LogP contribution >= 0.6 is 0 Å². The molecule has 0 aromatic carbocycles. The molecule has 0 radical (unpaired) electrons. The van der Waals surface area contributed by atoms with Crippen molar-refractivity contribution in [2.75, 3.05) is 40.3 Å². The number of nitrogens with zero attached hydrogens (tertiary/aromatic N) is 3. The molecule has 0 amide bonds. The van der Waals surface area contributed by atoms with E-state index < -0.39 is 0 Å². The average Bonchev–Trinajstić information content (AvgIpc) is 2.98. The molecule has 2 heterocycles. The van der Waals surface area contributed by atoms with Gasteiger partial charge in [-0.2, -0.15) is 0 Å². The monoisotopic (exact) mass is 291 g/mol. The number of pyridine rings is 1. The van der Waals surface area contributed by atoms with Gasteiger partial charge in [-0.3, -0.25) is 9.88 Å². The Morgan fingerprint density at radius 1 is 1.29 bits per heavy atom. The van der Waals surface area contributed by atoms with Crippen LogP contribution in [0.3, 0.4) is 0 Å². The summed E-state index contributed by atoms with van der Waals surface area (Å²) in [6.07, 6.45) is 5.86. The first-order valence-electron chi connectivity index (χ1n) is 8.10. The van der Waals surface area contributed by atoms with Crippen LogP contribution in [0.15, 0.2) is 18.3 Å². The summed E-state index contributed by atoms with van der Waals surface area (Å²) in [7, 11) is 4.25. The normalized spacial score (nSPS) is 18.8. The number of likely N-dealkylation sites (N-methyl/N-ethyl adjacent to an activating group) is 1. The summed E-state index contributed by atoms with van der Waals surface area (Å²) < 4.78 is 5.79. The number of aromatic nitrogens is 1. The van der Waals surface area contributed by atoms with Gasteiger partial charge in [0.25, 0.3) is 0 Å². The Morgan fingerprint density at radius 3 is 2.71 bits per heavy atom. The van der Waals surface area contributed by atoms with E-state index in [2.05, 4.69) is 47.9 Å². The summed E-state index contributed by atoms with van der Waals surface area (Å²) in [5.74, 6) is 0. The molecule has 0 bridgehead atoms. The maximum atomic E-state index is 5.79. The van der Waals surface area contributed by atoms with Gasteiger partial charge in [-0.1, -0.05) is 13.0 Å². The van der Waals surface area contributed by atoms with Crippen LogP contribution in [0.4, 0.5) is 0 Å². The van der Waals surface area contributed by atoms with Gasteiger partial charge in [0.15, 0.2) is 0 Å². The van der Waals surface area contributed by atoms with Crippen molar-refractivity contribution in [3.63, 3.8) is 0 Å². The molecule has 21 heavy (non-hydrogen) atoms. The average molecular weight is 291 g/mol. The van der Waals surface area contributed by atoms with Gasteiger partial charge < -0.3 is 9.64 Å². The largest absolute Gasteiger partial charge is 0.377 e. The zero-order chi connectivity index (χ0) is 15.1. The van der Waals surface area contributed by atoms with Crippen molar-refractivity contribution in [1.82, 2.24) is 14.8 Å². The van der Waals surface area contributed by atoms with Crippen molar-refractivity contribution >= 4 is 0 Å². The molecule has 1 aromatic heterocycles. The summed E-state index contributed by atoms with van der Waals surface area (Å²) in [6, 6.07) is 4.36. The maximum absolute atomic E-state index is 5.79. The Bertz CT molecular complexity index is 399. The molecule has 0 spiro atoms. The number of ether oxygens (including phenoxy) is 1. The van der Waals surface area contributed by atoms with E-state index in [1.165, 1.54) is 18.4 Å². The minimum absolute atomic E-state index is 0.405. The van der Waals surface area contributed by atoms with Gasteiger partial charge in [0, 0.05) is 39.0 Å². The molecule has 4 heteroatoms. The molecule has 1 saturated heterocycles. The molecule has 1 fully saturated rings. The highest BCUT2D eigenvalue weighted by atomic mass is 16.5. The van der Waals surface area contributed by atoms with E-state index in [9.17, 15) is 0 Å². The number of hydrogen-bond acceptors (Lipinski definition) is 4. The van der Waals surface area contributed by atoms with Gasteiger partial charge in [0.05, 0.1) is 11.8 Å². The van der Waals surface area contributed by atoms with Crippen LogP contribution in [0.2, 0.25) is 0 Å². The lowest BCUT2D eigenvalue weighted by molar-refractivity contribution is 0.0678. The van der Waals surface area contributed by atoms with Gasteiger partial charge >= 0.3 is 0 Å². The number of rotatable bonds is 8. The molecule has 1 aromatic rings. The van der Waals surface area contributed by atoms with E-state index in [0.29, 0.717) is 6.10 Å². The Kier molecular flexibility index (Phi) is 6.61. The minimum Gasteiger partial charge on any atom is -0.377 e. The summed E-state index contributed by atoms with van der Waals surface area (Å²) in [5, 5.41) is 0. The summed E-state index contributed by atoms with van der Waals surface area (Å²) >= 11 is 0. The fourth-order valence-electron chi connectivity index (χ4n) is 2.64. The number of hydrogen-bond donors (Lipinski definition) is 0.